The number of urea groups is 1. The molecule has 2 amide bonds. The van der Waals surface area contributed by atoms with Gasteiger partial charge in [-0.15, -0.1) is 0 Å². The number of hydrogen-bond donors (Lipinski definition) is 1. The summed E-state index contributed by atoms with van der Waals surface area (Å²) in [5.74, 6) is 0.602. The van der Waals surface area contributed by atoms with Gasteiger partial charge in [0.2, 0.25) is 0 Å². The van der Waals surface area contributed by atoms with Crippen LogP contribution in [-0.4, -0.2) is 43.2 Å². The van der Waals surface area contributed by atoms with Gasteiger partial charge in [0, 0.05) is 36.4 Å². The van der Waals surface area contributed by atoms with Crippen molar-refractivity contribution in [2.24, 2.45) is 0 Å². The zero-order valence-corrected chi connectivity index (χ0v) is 16.8. The van der Waals surface area contributed by atoms with Crippen LogP contribution in [0.1, 0.15) is 31.2 Å². The third kappa shape index (κ3) is 4.81. The molecule has 0 atom stereocenters. The van der Waals surface area contributed by atoms with Crippen molar-refractivity contribution in [3.63, 3.8) is 0 Å². The van der Waals surface area contributed by atoms with E-state index in [0.717, 1.165) is 44.5 Å². The number of amides is 2. The maximum Gasteiger partial charge on any atom is 0.318 e. The minimum Gasteiger partial charge on any atom is -0.497 e. The van der Waals surface area contributed by atoms with Crippen molar-refractivity contribution in [1.29, 1.82) is 0 Å². The van der Waals surface area contributed by atoms with E-state index in [9.17, 15) is 9.18 Å². The third-order valence-electron chi connectivity index (χ3n) is 5.81. The number of carbonyl (C=O) groups excluding carboxylic acids is 1. The Morgan fingerprint density at radius 1 is 1.10 bits per heavy atom. The molecule has 2 aliphatic rings. The van der Waals surface area contributed by atoms with Gasteiger partial charge >= 0.3 is 6.03 Å². The van der Waals surface area contributed by atoms with Crippen LogP contribution in [0.3, 0.4) is 0 Å². The van der Waals surface area contributed by atoms with Crippen LogP contribution in [0, 0.1) is 5.82 Å². The van der Waals surface area contributed by atoms with Crippen molar-refractivity contribution in [3.05, 3.63) is 59.9 Å². The van der Waals surface area contributed by atoms with E-state index in [1.54, 1.807) is 24.1 Å². The maximum absolute atomic E-state index is 14.0. The van der Waals surface area contributed by atoms with Gasteiger partial charge in [0.25, 0.3) is 0 Å². The third-order valence-corrected chi connectivity index (χ3v) is 5.81. The standard InChI is InChI=1S/C23H28FN3O2/c1-29-21-10-8-19(9-11-21)26-14-12-18(13-15-26)25-23(28)27(20-6-7-20)16-17-4-2-3-5-22(17)24/h2-5,8-11,18,20H,6-7,12-16H2,1H3,(H,25,28). The lowest BCUT2D eigenvalue weighted by atomic mass is 10.0. The number of rotatable bonds is 6. The number of nitrogens with zero attached hydrogens (tertiary/aromatic N) is 2. The van der Waals surface area contributed by atoms with Gasteiger partial charge in [-0.05, 0) is 56.0 Å². The Bertz CT molecular complexity index is 830. The second kappa shape index (κ2) is 8.72. The second-order valence-electron chi connectivity index (χ2n) is 7.86. The normalized spacial score (nSPS) is 17.1. The molecule has 0 bridgehead atoms. The Labute approximate surface area is 171 Å². The summed E-state index contributed by atoms with van der Waals surface area (Å²) in [7, 11) is 1.67. The smallest absolute Gasteiger partial charge is 0.318 e. The zero-order valence-electron chi connectivity index (χ0n) is 16.8. The first kappa shape index (κ1) is 19.6. The molecule has 154 valence electrons. The number of halogens is 1. The molecule has 5 nitrogen and oxygen atoms in total. The van der Waals surface area contributed by atoms with Gasteiger partial charge in [-0.3, -0.25) is 0 Å². The van der Waals surface area contributed by atoms with Crippen molar-refractivity contribution in [2.45, 2.75) is 44.3 Å². The summed E-state index contributed by atoms with van der Waals surface area (Å²) in [5.41, 5.74) is 1.75. The topological polar surface area (TPSA) is 44.8 Å². The van der Waals surface area contributed by atoms with Crippen LogP contribution < -0.4 is 15.0 Å². The van der Waals surface area contributed by atoms with Gasteiger partial charge in [-0.2, -0.15) is 0 Å². The fraction of sp³-hybridized carbons (Fsp3) is 0.435. The number of carbonyl (C=O) groups is 1. The Kier molecular flexibility index (Phi) is 5.88. The Morgan fingerprint density at radius 3 is 2.41 bits per heavy atom. The number of anilines is 1. The number of methoxy groups -OCH3 is 1. The number of ether oxygens (including phenoxy) is 1. The fourth-order valence-electron chi connectivity index (χ4n) is 3.90. The average Bonchev–Trinajstić information content (AvgIpc) is 3.59. The first-order valence-electron chi connectivity index (χ1n) is 10.3. The highest BCUT2D eigenvalue weighted by molar-refractivity contribution is 5.75. The van der Waals surface area contributed by atoms with Crippen LogP contribution in [0.5, 0.6) is 5.75 Å². The Morgan fingerprint density at radius 2 is 1.79 bits per heavy atom. The molecule has 6 heteroatoms. The summed E-state index contributed by atoms with van der Waals surface area (Å²) in [5, 5.41) is 3.19. The fourth-order valence-corrected chi connectivity index (χ4v) is 3.90. The molecule has 1 aliphatic carbocycles. The minimum absolute atomic E-state index is 0.0707. The summed E-state index contributed by atoms with van der Waals surface area (Å²) in [6.45, 7) is 2.12. The molecular formula is C23H28FN3O2. The lowest BCUT2D eigenvalue weighted by Crippen LogP contribution is -2.49. The monoisotopic (exact) mass is 397 g/mol. The van der Waals surface area contributed by atoms with Crippen molar-refractivity contribution in [1.82, 2.24) is 10.2 Å². The van der Waals surface area contributed by atoms with Gasteiger partial charge in [-0.25, -0.2) is 9.18 Å². The van der Waals surface area contributed by atoms with Gasteiger partial charge in [0.15, 0.2) is 0 Å². The van der Waals surface area contributed by atoms with E-state index in [1.807, 2.05) is 18.2 Å². The van der Waals surface area contributed by atoms with Gasteiger partial charge in [-0.1, -0.05) is 18.2 Å². The highest BCUT2D eigenvalue weighted by atomic mass is 19.1. The molecule has 29 heavy (non-hydrogen) atoms. The van der Waals surface area contributed by atoms with E-state index < -0.39 is 0 Å². The molecule has 0 radical (unpaired) electrons. The van der Waals surface area contributed by atoms with Crippen molar-refractivity contribution in [3.8, 4) is 5.75 Å². The molecular weight excluding hydrogens is 369 g/mol. The molecule has 1 aliphatic heterocycles. The van der Waals surface area contributed by atoms with Gasteiger partial charge < -0.3 is 19.9 Å². The predicted octanol–water partition coefficient (Wildman–Crippen LogP) is 4.18. The molecule has 1 saturated heterocycles. The molecule has 0 aromatic heterocycles. The number of nitrogens with one attached hydrogen (secondary N) is 1. The average molecular weight is 397 g/mol. The SMILES string of the molecule is COc1ccc(N2CCC(NC(=O)N(Cc3ccccc3F)C3CC3)CC2)cc1. The molecule has 0 spiro atoms. The molecule has 0 unspecified atom stereocenters. The first-order valence-corrected chi connectivity index (χ1v) is 10.3. The minimum atomic E-state index is -0.251. The van der Waals surface area contributed by atoms with Crippen molar-refractivity contribution in [2.75, 3.05) is 25.1 Å². The van der Waals surface area contributed by atoms with E-state index in [1.165, 1.54) is 11.8 Å². The van der Waals surface area contributed by atoms with Gasteiger partial charge in [0.05, 0.1) is 13.7 Å². The summed E-state index contributed by atoms with van der Waals surface area (Å²) < 4.78 is 19.3. The summed E-state index contributed by atoms with van der Waals surface area (Å²) in [6.07, 6.45) is 3.79. The highest BCUT2D eigenvalue weighted by Crippen LogP contribution is 2.29. The lowest BCUT2D eigenvalue weighted by Gasteiger charge is -2.35. The maximum atomic E-state index is 14.0. The van der Waals surface area contributed by atoms with Gasteiger partial charge in [0.1, 0.15) is 11.6 Å². The van der Waals surface area contributed by atoms with E-state index in [-0.39, 0.29) is 23.9 Å². The van der Waals surface area contributed by atoms with Crippen molar-refractivity contribution < 1.29 is 13.9 Å². The number of benzene rings is 2. The van der Waals surface area contributed by atoms with Crippen LogP contribution in [0.15, 0.2) is 48.5 Å². The van der Waals surface area contributed by atoms with E-state index >= 15 is 0 Å². The van der Waals surface area contributed by atoms with Crippen LogP contribution in [0.4, 0.5) is 14.9 Å². The molecule has 1 saturated carbocycles. The van der Waals surface area contributed by atoms with Crippen LogP contribution >= 0.6 is 0 Å². The van der Waals surface area contributed by atoms with Crippen LogP contribution in [0.25, 0.3) is 0 Å². The molecule has 2 aromatic rings. The highest BCUT2D eigenvalue weighted by Gasteiger charge is 2.34. The number of hydrogen-bond acceptors (Lipinski definition) is 3. The van der Waals surface area contributed by atoms with Crippen LogP contribution in [0.2, 0.25) is 0 Å². The molecule has 1 heterocycles. The summed E-state index contributed by atoms with van der Waals surface area (Å²) >= 11 is 0. The van der Waals surface area contributed by atoms with Crippen molar-refractivity contribution >= 4 is 11.7 Å². The summed E-state index contributed by atoms with van der Waals surface area (Å²) in [4.78, 5) is 17.0. The predicted molar refractivity (Wildman–Crippen MR) is 112 cm³/mol. The Hall–Kier alpha value is -2.76. The Balaban J connectivity index is 1.31. The molecule has 2 fully saturated rings. The van der Waals surface area contributed by atoms with E-state index in [4.69, 9.17) is 4.74 Å². The molecule has 2 aromatic carbocycles. The lowest BCUT2D eigenvalue weighted by molar-refractivity contribution is 0.185. The van der Waals surface area contributed by atoms with Crippen LogP contribution in [-0.2, 0) is 6.54 Å². The largest absolute Gasteiger partial charge is 0.497 e. The molecule has 1 N–H and O–H groups in total. The zero-order chi connectivity index (χ0) is 20.2. The molecule has 4 rings (SSSR count). The summed E-state index contributed by atoms with van der Waals surface area (Å²) in [6, 6.07) is 15.1. The first-order chi connectivity index (χ1) is 14.1. The van der Waals surface area contributed by atoms with E-state index in [2.05, 4.69) is 22.3 Å². The second-order valence-corrected chi connectivity index (χ2v) is 7.86. The quantitative estimate of drug-likeness (QED) is 0.795. The van der Waals surface area contributed by atoms with E-state index in [0.29, 0.717) is 12.1 Å². The number of piperidine rings is 1.